The molecular formula is C29H32FN3O2. The van der Waals surface area contributed by atoms with Gasteiger partial charge in [0.1, 0.15) is 17.7 Å². The predicted octanol–water partition coefficient (Wildman–Crippen LogP) is 6.45. The Labute approximate surface area is 205 Å². The van der Waals surface area contributed by atoms with Gasteiger partial charge >= 0.3 is 0 Å². The van der Waals surface area contributed by atoms with E-state index in [9.17, 15) is 9.18 Å². The molecule has 0 radical (unpaired) electrons. The zero-order valence-corrected chi connectivity index (χ0v) is 21.1. The van der Waals surface area contributed by atoms with E-state index in [0.717, 1.165) is 33.3 Å². The van der Waals surface area contributed by atoms with Gasteiger partial charge in [-0.2, -0.15) is 5.10 Å². The third-order valence-electron chi connectivity index (χ3n) is 6.11. The molecule has 5 nitrogen and oxygen atoms in total. The summed E-state index contributed by atoms with van der Waals surface area (Å²) < 4.78 is 21.7. The van der Waals surface area contributed by atoms with Gasteiger partial charge < -0.3 is 10.1 Å². The van der Waals surface area contributed by atoms with Gasteiger partial charge in [0.15, 0.2) is 0 Å². The molecule has 0 saturated heterocycles. The third kappa shape index (κ3) is 5.37. The van der Waals surface area contributed by atoms with E-state index in [1.807, 2.05) is 52.8 Å². The van der Waals surface area contributed by atoms with Crippen LogP contribution in [0.5, 0.6) is 5.75 Å². The number of carbonyl (C=O) groups excluding carboxylic acids is 1. The van der Waals surface area contributed by atoms with Crippen LogP contribution in [0.25, 0.3) is 16.6 Å². The van der Waals surface area contributed by atoms with Crippen molar-refractivity contribution >= 4 is 16.8 Å². The van der Waals surface area contributed by atoms with Gasteiger partial charge in [0.25, 0.3) is 0 Å². The summed E-state index contributed by atoms with van der Waals surface area (Å²) in [6.07, 6.45) is 1.38. The molecule has 0 fully saturated rings. The van der Waals surface area contributed by atoms with Crippen molar-refractivity contribution < 1.29 is 13.9 Å². The normalized spacial score (nSPS) is 13.5. The minimum absolute atomic E-state index is 0.0278. The van der Waals surface area contributed by atoms with Crippen LogP contribution in [-0.2, 0) is 4.79 Å². The summed E-state index contributed by atoms with van der Waals surface area (Å²) in [7, 11) is 0. The summed E-state index contributed by atoms with van der Waals surface area (Å²) in [5.41, 5.74) is 4.43. The molecule has 35 heavy (non-hydrogen) atoms. The number of aromatic nitrogens is 2. The standard InChI is InChI=1S/C29H32FN3O2/c1-18-7-8-19(2)25(15-18)27(20(3)32-28(34)29(4,5)6)35-24-13-14-26-21(16-24)17-31-33(26)23-11-9-22(30)10-12-23/h7-17,20,27H,1-6H3,(H,32,34)/t20-,27-/m0/s1. The first-order chi connectivity index (χ1) is 16.5. The molecule has 6 heteroatoms. The highest BCUT2D eigenvalue weighted by Gasteiger charge is 2.29. The Bertz CT molecular complexity index is 1350. The first-order valence-corrected chi connectivity index (χ1v) is 11.8. The van der Waals surface area contributed by atoms with Crippen LogP contribution in [0.15, 0.2) is 66.9 Å². The molecule has 182 valence electrons. The third-order valence-corrected chi connectivity index (χ3v) is 6.11. The maximum atomic E-state index is 13.3. The number of nitrogens with one attached hydrogen (secondary N) is 1. The quantitative estimate of drug-likeness (QED) is 0.350. The van der Waals surface area contributed by atoms with Crippen molar-refractivity contribution in [2.24, 2.45) is 5.41 Å². The van der Waals surface area contributed by atoms with Gasteiger partial charge in [-0.15, -0.1) is 0 Å². The summed E-state index contributed by atoms with van der Waals surface area (Å²) >= 11 is 0. The van der Waals surface area contributed by atoms with Crippen LogP contribution in [0.4, 0.5) is 4.39 Å². The lowest BCUT2D eigenvalue weighted by Gasteiger charge is -2.30. The van der Waals surface area contributed by atoms with Crippen LogP contribution >= 0.6 is 0 Å². The number of nitrogens with zero attached hydrogens (tertiary/aromatic N) is 2. The molecule has 3 aromatic carbocycles. The van der Waals surface area contributed by atoms with Gasteiger partial charge in [0, 0.05) is 10.8 Å². The SMILES string of the molecule is Cc1ccc(C)c([C@@H](Oc2ccc3c(cnn3-c3ccc(F)cc3)c2)[C@H](C)NC(=O)C(C)(C)C)c1. The largest absolute Gasteiger partial charge is 0.484 e. The van der Waals surface area contributed by atoms with Gasteiger partial charge in [-0.1, -0.05) is 44.5 Å². The van der Waals surface area contributed by atoms with Crippen LogP contribution in [0.3, 0.4) is 0 Å². The lowest BCUT2D eigenvalue weighted by molar-refractivity contribution is -0.129. The molecule has 2 atom stereocenters. The highest BCUT2D eigenvalue weighted by molar-refractivity contribution is 5.82. The molecule has 0 aliphatic rings. The zero-order valence-electron chi connectivity index (χ0n) is 21.1. The maximum absolute atomic E-state index is 13.3. The Kier molecular flexibility index (Phi) is 6.66. The summed E-state index contributed by atoms with van der Waals surface area (Å²) in [4.78, 5) is 12.7. The molecule has 0 spiro atoms. The van der Waals surface area contributed by atoms with Crippen molar-refractivity contribution in [1.82, 2.24) is 15.1 Å². The van der Waals surface area contributed by atoms with Crippen LogP contribution in [-0.4, -0.2) is 21.7 Å². The van der Waals surface area contributed by atoms with E-state index in [1.54, 1.807) is 23.0 Å². The Balaban J connectivity index is 1.68. The van der Waals surface area contributed by atoms with Crippen LogP contribution in [0, 0.1) is 25.1 Å². The molecular weight excluding hydrogens is 441 g/mol. The van der Waals surface area contributed by atoms with Crippen LogP contribution < -0.4 is 10.1 Å². The molecule has 0 saturated carbocycles. The minimum atomic E-state index is -0.506. The Hall–Kier alpha value is -3.67. The molecule has 1 N–H and O–H groups in total. The second kappa shape index (κ2) is 9.53. The molecule has 1 heterocycles. The number of hydrogen-bond acceptors (Lipinski definition) is 3. The number of halogens is 1. The van der Waals surface area contributed by atoms with Crippen LogP contribution in [0.2, 0.25) is 0 Å². The van der Waals surface area contributed by atoms with Gasteiger partial charge in [0.2, 0.25) is 5.91 Å². The fourth-order valence-electron chi connectivity index (χ4n) is 4.02. The van der Waals surface area contributed by atoms with Gasteiger partial charge in [-0.3, -0.25) is 4.79 Å². The number of rotatable bonds is 6. The van der Waals surface area contributed by atoms with Crippen LogP contribution in [0.1, 0.15) is 50.5 Å². The van der Waals surface area contributed by atoms with E-state index in [4.69, 9.17) is 4.74 Å². The molecule has 4 aromatic rings. The first-order valence-electron chi connectivity index (χ1n) is 11.8. The number of carbonyl (C=O) groups is 1. The predicted molar refractivity (Wildman–Crippen MR) is 137 cm³/mol. The zero-order chi connectivity index (χ0) is 25.3. The number of ether oxygens (including phenoxy) is 1. The lowest BCUT2D eigenvalue weighted by atomic mass is 9.93. The summed E-state index contributed by atoms with van der Waals surface area (Å²) in [5, 5.41) is 8.53. The van der Waals surface area contributed by atoms with Crippen molar-refractivity contribution in [2.75, 3.05) is 0 Å². The summed E-state index contributed by atoms with van der Waals surface area (Å²) in [5.74, 6) is 0.366. The number of amides is 1. The number of hydrogen-bond donors (Lipinski definition) is 1. The van der Waals surface area contributed by atoms with E-state index < -0.39 is 5.41 Å². The summed E-state index contributed by atoms with van der Waals surface area (Å²) in [6, 6.07) is 18.0. The number of aryl methyl sites for hydroxylation is 2. The highest BCUT2D eigenvalue weighted by Crippen LogP contribution is 2.31. The van der Waals surface area contributed by atoms with Crippen molar-refractivity contribution in [2.45, 2.75) is 53.7 Å². The van der Waals surface area contributed by atoms with Crippen molar-refractivity contribution in [3.63, 3.8) is 0 Å². The molecule has 0 aliphatic heterocycles. The number of benzene rings is 3. The first kappa shape index (κ1) is 24.5. The molecule has 1 aromatic heterocycles. The number of fused-ring (bicyclic) bond motifs is 1. The van der Waals surface area contributed by atoms with E-state index in [2.05, 4.69) is 35.5 Å². The molecule has 4 rings (SSSR count). The lowest BCUT2D eigenvalue weighted by Crippen LogP contribution is -2.44. The summed E-state index contributed by atoms with van der Waals surface area (Å²) in [6.45, 7) is 11.8. The topological polar surface area (TPSA) is 56.1 Å². The fraction of sp³-hybridized carbons (Fsp3) is 0.310. The molecule has 0 aliphatic carbocycles. The highest BCUT2D eigenvalue weighted by atomic mass is 19.1. The van der Waals surface area contributed by atoms with Crippen molar-refractivity contribution in [3.8, 4) is 11.4 Å². The second-order valence-corrected chi connectivity index (χ2v) is 10.2. The molecule has 0 bridgehead atoms. The minimum Gasteiger partial charge on any atom is -0.484 e. The average Bonchev–Trinajstić information content (AvgIpc) is 3.22. The van der Waals surface area contributed by atoms with Gasteiger partial charge in [-0.05, 0) is 74.4 Å². The Morgan fingerprint density at radius 1 is 1.03 bits per heavy atom. The maximum Gasteiger partial charge on any atom is 0.225 e. The smallest absolute Gasteiger partial charge is 0.225 e. The Morgan fingerprint density at radius 2 is 1.74 bits per heavy atom. The Morgan fingerprint density at radius 3 is 2.43 bits per heavy atom. The van der Waals surface area contributed by atoms with E-state index in [1.165, 1.54) is 12.1 Å². The second-order valence-electron chi connectivity index (χ2n) is 10.2. The van der Waals surface area contributed by atoms with Gasteiger partial charge in [-0.25, -0.2) is 9.07 Å². The van der Waals surface area contributed by atoms with Crippen molar-refractivity contribution in [3.05, 3.63) is 89.4 Å². The van der Waals surface area contributed by atoms with Gasteiger partial charge in [0.05, 0.1) is 23.4 Å². The van der Waals surface area contributed by atoms with E-state index >= 15 is 0 Å². The van der Waals surface area contributed by atoms with Crippen molar-refractivity contribution in [1.29, 1.82) is 0 Å². The van der Waals surface area contributed by atoms with E-state index in [-0.39, 0.29) is 23.9 Å². The molecule has 1 amide bonds. The average molecular weight is 474 g/mol. The molecule has 0 unspecified atom stereocenters. The monoisotopic (exact) mass is 473 g/mol. The van der Waals surface area contributed by atoms with E-state index in [0.29, 0.717) is 5.75 Å². The fourth-order valence-corrected chi connectivity index (χ4v) is 4.02.